The van der Waals surface area contributed by atoms with Crippen LogP contribution in [-0.2, 0) is 17.5 Å². The standard InChI is InChI=1S/C26H30F4N6O2/c1-25(2,3)32-23(37)19-10-11-20(22(19)15-5-7-17(27)8-6-15)31-14-16-13-18(9-12-21(16)38-4)36-24(26(28,29)30)33-34-35-36/h5-9,12-13,19-20,22,31H,10-11,14H2,1-4H3,(H,32,37)/t19-,20-,22+/m0/s1. The number of tetrazole rings is 1. The summed E-state index contributed by atoms with van der Waals surface area (Å²) in [7, 11) is 1.47. The van der Waals surface area contributed by atoms with Crippen LogP contribution in [0.4, 0.5) is 17.6 Å². The van der Waals surface area contributed by atoms with E-state index in [4.69, 9.17) is 4.74 Å². The number of carbonyl (C=O) groups is 1. The van der Waals surface area contributed by atoms with Crippen molar-refractivity contribution in [3.8, 4) is 11.4 Å². The summed E-state index contributed by atoms with van der Waals surface area (Å²) in [6.07, 6.45) is -3.42. The molecule has 1 amide bonds. The minimum atomic E-state index is -4.73. The molecule has 0 bridgehead atoms. The number of ether oxygens (including phenoxy) is 1. The van der Waals surface area contributed by atoms with Gasteiger partial charge in [-0.3, -0.25) is 4.79 Å². The van der Waals surface area contributed by atoms with Gasteiger partial charge in [-0.2, -0.15) is 17.9 Å². The molecule has 12 heteroatoms. The van der Waals surface area contributed by atoms with E-state index >= 15 is 0 Å². The Balaban J connectivity index is 1.60. The fraction of sp³-hybridized carbons (Fsp3) is 0.462. The van der Waals surface area contributed by atoms with E-state index < -0.39 is 17.5 Å². The van der Waals surface area contributed by atoms with Crippen molar-refractivity contribution in [3.63, 3.8) is 0 Å². The molecule has 0 spiro atoms. The van der Waals surface area contributed by atoms with Crippen LogP contribution < -0.4 is 15.4 Å². The Hall–Kier alpha value is -3.54. The van der Waals surface area contributed by atoms with Crippen molar-refractivity contribution in [2.45, 2.75) is 63.8 Å². The lowest BCUT2D eigenvalue weighted by Gasteiger charge is -2.29. The fourth-order valence-corrected chi connectivity index (χ4v) is 4.95. The lowest BCUT2D eigenvalue weighted by atomic mass is 9.85. The molecule has 1 aliphatic rings. The molecule has 1 heterocycles. The van der Waals surface area contributed by atoms with Crippen LogP contribution in [0, 0.1) is 11.7 Å². The van der Waals surface area contributed by atoms with E-state index in [-0.39, 0.29) is 41.8 Å². The van der Waals surface area contributed by atoms with Crippen molar-refractivity contribution in [3.05, 3.63) is 65.2 Å². The van der Waals surface area contributed by atoms with Gasteiger partial charge in [0.15, 0.2) is 0 Å². The first-order valence-electron chi connectivity index (χ1n) is 12.2. The van der Waals surface area contributed by atoms with Crippen molar-refractivity contribution in [1.29, 1.82) is 0 Å². The van der Waals surface area contributed by atoms with Crippen LogP contribution in [-0.4, -0.2) is 44.8 Å². The van der Waals surface area contributed by atoms with Crippen LogP contribution in [0.1, 0.15) is 56.5 Å². The van der Waals surface area contributed by atoms with Gasteiger partial charge < -0.3 is 15.4 Å². The number of hydrogen-bond acceptors (Lipinski definition) is 6. The van der Waals surface area contributed by atoms with Gasteiger partial charge in [-0.25, -0.2) is 4.39 Å². The molecular weight excluding hydrogens is 504 g/mol. The third-order valence-electron chi connectivity index (χ3n) is 6.53. The lowest BCUT2D eigenvalue weighted by molar-refractivity contribution is -0.146. The quantitative estimate of drug-likeness (QED) is 0.437. The summed E-state index contributed by atoms with van der Waals surface area (Å²) < 4.78 is 59.8. The molecule has 2 N–H and O–H groups in total. The van der Waals surface area contributed by atoms with E-state index in [0.29, 0.717) is 28.8 Å². The number of hydrogen-bond donors (Lipinski definition) is 2. The Morgan fingerprint density at radius 1 is 1.11 bits per heavy atom. The third-order valence-corrected chi connectivity index (χ3v) is 6.53. The van der Waals surface area contributed by atoms with Gasteiger partial charge in [-0.05, 0) is 79.9 Å². The Morgan fingerprint density at radius 3 is 2.45 bits per heavy atom. The van der Waals surface area contributed by atoms with Gasteiger partial charge in [0.1, 0.15) is 11.6 Å². The Bertz CT molecular complexity index is 1270. The molecule has 0 saturated heterocycles. The summed E-state index contributed by atoms with van der Waals surface area (Å²) in [5.41, 5.74) is 1.15. The van der Waals surface area contributed by atoms with Gasteiger partial charge >= 0.3 is 6.18 Å². The highest BCUT2D eigenvalue weighted by Crippen LogP contribution is 2.41. The smallest absolute Gasteiger partial charge is 0.453 e. The fourth-order valence-electron chi connectivity index (χ4n) is 4.95. The van der Waals surface area contributed by atoms with Gasteiger partial charge in [-0.1, -0.05) is 12.1 Å². The van der Waals surface area contributed by atoms with Crippen LogP contribution in [0.3, 0.4) is 0 Å². The molecule has 0 unspecified atom stereocenters. The molecule has 3 aromatic rings. The molecule has 4 rings (SSSR count). The maximum absolute atomic E-state index is 13.7. The number of nitrogens with one attached hydrogen (secondary N) is 2. The lowest BCUT2D eigenvalue weighted by Crippen LogP contribution is -2.45. The van der Waals surface area contributed by atoms with Crippen molar-refractivity contribution in [2.75, 3.05) is 7.11 Å². The zero-order valence-corrected chi connectivity index (χ0v) is 21.5. The van der Waals surface area contributed by atoms with Crippen LogP contribution in [0.2, 0.25) is 0 Å². The van der Waals surface area contributed by atoms with Gasteiger partial charge in [-0.15, -0.1) is 5.10 Å². The highest BCUT2D eigenvalue weighted by atomic mass is 19.4. The van der Waals surface area contributed by atoms with Gasteiger partial charge in [0.25, 0.3) is 5.82 Å². The molecule has 204 valence electrons. The molecule has 38 heavy (non-hydrogen) atoms. The largest absolute Gasteiger partial charge is 0.496 e. The van der Waals surface area contributed by atoms with E-state index in [1.54, 1.807) is 18.2 Å². The maximum atomic E-state index is 13.7. The molecule has 2 aromatic carbocycles. The van der Waals surface area contributed by atoms with E-state index in [9.17, 15) is 22.4 Å². The second-order valence-electron chi connectivity index (χ2n) is 10.4. The summed E-state index contributed by atoms with van der Waals surface area (Å²) in [6.45, 7) is 5.99. The summed E-state index contributed by atoms with van der Waals surface area (Å²) in [6, 6.07) is 10.5. The second kappa shape index (κ2) is 10.7. The van der Waals surface area contributed by atoms with Crippen molar-refractivity contribution in [2.24, 2.45) is 5.92 Å². The average Bonchev–Trinajstić information content (AvgIpc) is 3.50. The SMILES string of the molecule is COc1ccc(-n2nnnc2C(F)(F)F)cc1CN[C@H]1CC[C@H](C(=O)NC(C)(C)C)[C@H]1c1ccc(F)cc1. The van der Waals surface area contributed by atoms with E-state index in [1.807, 2.05) is 20.8 Å². The first kappa shape index (κ1) is 27.5. The van der Waals surface area contributed by atoms with Gasteiger partial charge in [0, 0.05) is 35.5 Å². The van der Waals surface area contributed by atoms with Crippen LogP contribution in [0.15, 0.2) is 42.5 Å². The van der Waals surface area contributed by atoms with Crippen LogP contribution >= 0.6 is 0 Å². The number of carbonyl (C=O) groups excluding carboxylic acids is 1. The summed E-state index contributed by atoms with van der Waals surface area (Å²) >= 11 is 0. The zero-order chi connectivity index (χ0) is 27.7. The number of methoxy groups -OCH3 is 1. The Morgan fingerprint density at radius 2 is 1.82 bits per heavy atom. The minimum absolute atomic E-state index is 0.0749. The molecule has 8 nitrogen and oxygen atoms in total. The molecule has 0 aliphatic heterocycles. The number of rotatable bonds is 7. The molecule has 1 aliphatic carbocycles. The number of nitrogens with zero attached hydrogens (tertiary/aromatic N) is 4. The first-order valence-corrected chi connectivity index (χ1v) is 12.2. The minimum Gasteiger partial charge on any atom is -0.496 e. The maximum Gasteiger partial charge on any atom is 0.453 e. The highest BCUT2D eigenvalue weighted by Gasteiger charge is 2.42. The van der Waals surface area contributed by atoms with Crippen molar-refractivity contribution in [1.82, 2.24) is 30.8 Å². The molecule has 1 aromatic heterocycles. The first-order chi connectivity index (χ1) is 17.9. The number of amides is 1. The number of aromatic nitrogens is 4. The van der Waals surface area contributed by atoms with E-state index in [2.05, 4.69) is 26.2 Å². The highest BCUT2D eigenvalue weighted by molar-refractivity contribution is 5.81. The molecule has 0 radical (unpaired) electrons. The van der Waals surface area contributed by atoms with Crippen LogP contribution in [0.5, 0.6) is 5.75 Å². The monoisotopic (exact) mass is 534 g/mol. The predicted octanol–water partition coefficient (Wildman–Crippen LogP) is 4.40. The van der Waals surface area contributed by atoms with Crippen molar-refractivity contribution >= 4 is 5.91 Å². The van der Waals surface area contributed by atoms with E-state index in [0.717, 1.165) is 5.56 Å². The number of halogens is 4. The van der Waals surface area contributed by atoms with Crippen LogP contribution in [0.25, 0.3) is 5.69 Å². The average molecular weight is 535 g/mol. The van der Waals surface area contributed by atoms with Crippen molar-refractivity contribution < 1.29 is 27.1 Å². The Kier molecular flexibility index (Phi) is 7.73. The third kappa shape index (κ3) is 6.12. The van der Waals surface area contributed by atoms with Gasteiger partial charge in [0.05, 0.1) is 12.8 Å². The topological polar surface area (TPSA) is 94.0 Å². The number of benzene rings is 2. The van der Waals surface area contributed by atoms with E-state index in [1.165, 1.54) is 31.4 Å². The summed E-state index contributed by atoms with van der Waals surface area (Å²) in [5.74, 6) is -1.77. The molecule has 3 atom stereocenters. The molecule has 1 saturated carbocycles. The second-order valence-corrected chi connectivity index (χ2v) is 10.4. The molecular formula is C26H30F4N6O2. The number of alkyl halides is 3. The normalized spacial score (nSPS) is 19.9. The summed E-state index contributed by atoms with van der Waals surface area (Å²) in [5, 5.41) is 16.3. The summed E-state index contributed by atoms with van der Waals surface area (Å²) in [4.78, 5) is 13.2. The Labute approximate surface area is 217 Å². The van der Waals surface area contributed by atoms with Gasteiger partial charge in [0.2, 0.25) is 5.91 Å². The predicted molar refractivity (Wildman–Crippen MR) is 131 cm³/mol. The zero-order valence-electron chi connectivity index (χ0n) is 21.5. The molecule has 1 fully saturated rings.